The molecule has 0 radical (unpaired) electrons. The molecule has 0 spiro atoms. The zero-order valence-electron chi connectivity index (χ0n) is 13.0. The molecule has 112 valence electrons. The molecule has 0 N–H and O–H groups in total. The summed E-state index contributed by atoms with van der Waals surface area (Å²) < 4.78 is 0. The van der Waals surface area contributed by atoms with Gasteiger partial charge in [-0.25, -0.2) is 0 Å². The van der Waals surface area contributed by atoms with Gasteiger partial charge in [-0.1, -0.05) is 64.0 Å². The van der Waals surface area contributed by atoms with Gasteiger partial charge in [-0.2, -0.15) is 0 Å². The van der Waals surface area contributed by atoms with E-state index >= 15 is 0 Å². The average molecular weight is 292 g/mol. The average Bonchev–Trinajstić information content (AvgIpc) is 2.50. The third-order valence-corrected chi connectivity index (χ3v) is 4.41. The summed E-state index contributed by atoms with van der Waals surface area (Å²) in [5.74, 6) is 0.295. The minimum Gasteiger partial charge on any atom is -0.294 e. The largest absolute Gasteiger partial charge is 0.294 e. The fourth-order valence-corrected chi connectivity index (χ4v) is 2.75. The SMILES string of the molecule is CCCCCCCCCCC(=O)c1ccc(SC)cc1. The van der Waals surface area contributed by atoms with Gasteiger partial charge in [0.2, 0.25) is 0 Å². The Hall–Kier alpha value is -0.760. The van der Waals surface area contributed by atoms with Gasteiger partial charge in [0, 0.05) is 16.9 Å². The summed E-state index contributed by atoms with van der Waals surface area (Å²) >= 11 is 1.71. The molecule has 0 aliphatic carbocycles. The van der Waals surface area contributed by atoms with Crippen LogP contribution >= 0.6 is 11.8 Å². The lowest BCUT2D eigenvalue weighted by Crippen LogP contribution is -1.98. The number of hydrogen-bond acceptors (Lipinski definition) is 2. The molecule has 1 rings (SSSR count). The summed E-state index contributed by atoms with van der Waals surface area (Å²) in [5, 5.41) is 0. The van der Waals surface area contributed by atoms with Crippen molar-refractivity contribution in [2.24, 2.45) is 0 Å². The highest BCUT2D eigenvalue weighted by Crippen LogP contribution is 2.17. The molecule has 0 unspecified atom stereocenters. The van der Waals surface area contributed by atoms with E-state index in [1.807, 2.05) is 24.3 Å². The van der Waals surface area contributed by atoms with Crippen molar-refractivity contribution in [3.63, 3.8) is 0 Å². The summed E-state index contributed by atoms with van der Waals surface area (Å²) in [6, 6.07) is 7.98. The van der Waals surface area contributed by atoms with Crippen molar-refractivity contribution in [2.45, 2.75) is 69.6 Å². The van der Waals surface area contributed by atoms with Crippen LogP contribution in [0.5, 0.6) is 0 Å². The molecule has 0 aromatic heterocycles. The molecule has 0 amide bonds. The molecule has 0 saturated carbocycles. The van der Waals surface area contributed by atoms with E-state index in [0.29, 0.717) is 12.2 Å². The van der Waals surface area contributed by atoms with Crippen LogP contribution in [0.4, 0.5) is 0 Å². The van der Waals surface area contributed by atoms with Crippen molar-refractivity contribution >= 4 is 17.5 Å². The predicted molar refractivity (Wildman–Crippen MR) is 89.8 cm³/mol. The molecule has 2 heteroatoms. The van der Waals surface area contributed by atoms with Crippen molar-refractivity contribution in [1.82, 2.24) is 0 Å². The molecule has 0 saturated heterocycles. The maximum atomic E-state index is 12.0. The third-order valence-electron chi connectivity index (χ3n) is 3.67. The lowest BCUT2D eigenvalue weighted by atomic mass is 10.0. The predicted octanol–water partition coefficient (Wildman–Crippen LogP) is 6.12. The van der Waals surface area contributed by atoms with Crippen LogP contribution in [-0.2, 0) is 0 Å². The molecule has 0 atom stereocenters. The van der Waals surface area contributed by atoms with Crippen molar-refractivity contribution in [3.8, 4) is 0 Å². The Bertz CT molecular complexity index is 370. The summed E-state index contributed by atoms with van der Waals surface area (Å²) in [4.78, 5) is 13.2. The number of rotatable bonds is 11. The van der Waals surface area contributed by atoms with Crippen LogP contribution in [-0.4, -0.2) is 12.0 Å². The normalized spacial score (nSPS) is 10.7. The molecule has 1 nitrogen and oxygen atoms in total. The van der Waals surface area contributed by atoms with Crippen LogP contribution in [0.1, 0.15) is 75.1 Å². The van der Waals surface area contributed by atoms with Crippen molar-refractivity contribution < 1.29 is 4.79 Å². The standard InChI is InChI=1S/C18H28OS/c1-3-4-5-6-7-8-9-10-11-18(19)16-12-14-17(20-2)15-13-16/h12-15H,3-11H2,1-2H3. The number of hydrogen-bond donors (Lipinski definition) is 0. The Kier molecular flexibility index (Phi) is 9.48. The number of thioether (sulfide) groups is 1. The van der Waals surface area contributed by atoms with Gasteiger partial charge in [-0.3, -0.25) is 4.79 Å². The molecule has 0 fully saturated rings. The van der Waals surface area contributed by atoms with Crippen molar-refractivity contribution in [3.05, 3.63) is 29.8 Å². The highest BCUT2D eigenvalue weighted by Gasteiger charge is 2.05. The number of Topliss-reactive ketones (excluding diaryl/α,β-unsaturated/α-hetero) is 1. The smallest absolute Gasteiger partial charge is 0.162 e. The van der Waals surface area contributed by atoms with E-state index in [2.05, 4.69) is 13.2 Å². The first kappa shape index (κ1) is 17.3. The number of carbonyl (C=O) groups excluding carboxylic acids is 1. The highest BCUT2D eigenvalue weighted by molar-refractivity contribution is 7.98. The van der Waals surface area contributed by atoms with E-state index in [1.54, 1.807) is 11.8 Å². The Balaban J connectivity index is 2.10. The lowest BCUT2D eigenvalue weighted by molar-refractivity contribution is 0.0979. The molecule has 1 aromatic carbocycles. The summed E-state index contributed by atoms with van der Waals surface area (Å²) in [6.45, 7) is 2.25. The van der Waals surface area contributed by atoms with Gasteiger partial charge in [0.25, 0.3) is 0 Å². The fourth-order valence-electron chi connectivity index (χ4n) is 2.34. The quantitative estimate of drug-likeness (QED) is 0.277. The second-order valence-corrected chi connectivity index (χ2v) is 6.26. The van der Waals surface area contributed by atoms with Crippen molar-refractivity contribution in [1.29, 1.82) is 0 Å². The Morgan fingerprint density at radius 1 is 0.900 bits per heavy atom. The van der Waals surface area contributed by atoms with Crippen LogP contribution in [0.15, 0.2) is 29.2 Å². The molecule has 1 aromatic rings. The van der Waals surface area contributed by atoms with Crippen LogP contribution in [0.3, 0.4) is 0 Å². The molecule has 20 heavy (non-hydrogen) atoms. The second kappa shape index (κ2) is 11.0. The maximum Gasteiger partial charge on any atom is 0.162 e. The number of benzene rings is 1. The van der Waals surface area contributed by atoms with Crippen molar-refractivity contribution in [2.75, 3.05) is 6.26 Å². The Labute approximate surface area is 128 Å². The molecule has 0 aliphatic rings. The minimum absolute atomic E-state index is 0.295. The summed E-state index contributed by atoms with van der Waals surface area (Å²) in [6.07, 6.45) is 13.0. The lowest BCUT2D eigenvalue weighted by Gasteiger charge is -2.03. The number of ketones is 1. The topological polar surface area (TPSA) is 17.1 Å². The minimum atomic E-state index is 0.295. The number of carbonyl (C=O) groups is 1. The van der Waals surface area contributed by atoms with Gasteiger partial charge >= 0.3 is 0 Å². The summed E-state index contributed by atoms with van der Waals surface area (Å²) in [5.41, 5.74) is 0.866. The van der Waals surface area contributed by atoms with Gasteiger partial charge in [0.15, 0.2) is 5.78 Å². The molecular weight excluding hydrogens is 264 g/mol. The second-order valence-electron chi connectivity index (χ2n) is 5.38. The maximum absolute atomic E-state index is 12.0. The first-order chi connectivity index (χ1) is 9.77. The van der Waals surface area contributed by atoms with Gasteiger partial charge in [0.1, 0.15) is 0 Å². The van der Waals surface area contributed by atoms with Crippen LogP contribution in [0, 0.1) is 0 Å². The van der Waals surface area contributed by atoms with E-state index in [-0.39, 0.29) is 0 Å². The zero-order chi connectivity index (χ0) is 14.6. The van der Waals surface area contributed by atoms with E-state index in [9.17, 15) is 4.79 Å². The van der Waals surface area contributed by atoms with Gasteiger partial charge < -0.3 is 0 Å². The molecule has 0 bridgehead atoms. The fraction of sp³-hybridized carbons (Fsp3) is 0.611. The first-order valence-electron chi connectivity index (χ1n) is 7.95. The van der Waals surface area contributed by atoms with Gasteiger partial charge in [-0.15, -0.1) is 11.8 Å². The number of unbranched alkanes of at least 4 members (excludes halogenated alkanes) is 7. The summed E-state index contributed by atoms with van der Waals surface area (Å²) in [7, 11) is 0. The van der Waals surface area contributed by atoms with Crippen LogP contribution < -0.4 is 0 Å². The van der Waals surface area contributed by atoms with Crippen LogP contribution in [0.2, 0.25) is 0 Å². The monoisotopic (exact) mass is 292 g/mol. The van der Waals surface area contributed by atoms with E-state index in [4.69, 9.17) is 0 Å². The Morgan fingerprint density at radius 3 is 2.00 bits per heavy atom. The van der Waals surface area contributed by atoms with E-state index < -0.39 is 0 Å². The van der Waals surface area contributed by atoms with E-state index in [1.165, 1.54) is 49.8 Å². The molecule has 0 heterocycles. The Morgan fingerprint density at radius 2 is 1.45 bits per heavy atom. The van der Waals surface area contributed by atoms with E-state index in [0.717, 1.165) is 12.0 Å². The molecular formula is C18H28OS. The first-order valence-corrected chi connectivity index (χ1v) is 9.17. The molecule has 0 aliphatic heterocycles. The van der Waals surface area contributed by atoms with Gasteiger partial charge in [0.05, 0.1) is 0 Å². The van der Waals surface area contributed by atoms with Gasteiger partial charge in [-0.05, 0) is 24.8 Å². The third kappa shape index (κ3) is 7.14. The highest BCUT2D eigenvalue weighted by atomic mass is 32.2. The van der Waals surface area contributed by atoms with Crippen LogP contribution in [0.25, 0.3) is 0 Å². The zero-order valence-corrected chi connectivity index (χ0v) is 13.8.